The summed E-state index contributed by atoms with van der Waals surface area (Å²) in [4.78, 5) is 36.2. The van der Waals surface area contributed by atoms with Crippen molar-refractivity contribution in [2.75, 3.05) is 17.3 Å². The molecular formula is C24H21ClN8O6S. The fraction of sp³-hybridized carbons (Fsp3) is 0.125. The van der Waals surface area contributed by atoms with E-state index in [-0.39, 0.29) is 11.3 Å². The van der Waals surface area contributed by atoms with Crippen LogP contribution in [0.15, 0.2) is 65.7 Å². The molecule has 0 aliphatic carbocycles. The fourth-order valence-corrected chi connectivity index (χ4v) is 4.74. The quantitative estimate of drug-likeness (QED) is 0.211. The summed E-state index contributed by atoms with van der Waals surface area (Å²) in [6, 6.07) is 11.1. The molecule has 16 heteroatoms. The van der Waals surface area contributed by atoms with Gasteiger partial charge in [0.15, 0.2) is 0 Å². The lowest BCUT2D eigenvalue weighted by molar-refractivity contribution is -0.117. The maximum absolute atomic E-state index is 12.9. The van der Waals surface area contributed by atoms with Crippen LogP contribution in [0.5, 0.6) is 0 Å². The smallest absolute Gasteiger partial charge is 0.409 e. The number of aromatic amines is 1. The second-order valence-electron chi connectivity index (χ2n) is 8.49. The van der Waals surface area contributed by atoms with Crippen LogP contribution in [0.25, 0.3) is 22.9 Å². The van der Waals surface area contributed by atoms with Crippen LogP contribution in [0.3, 0.4) is 0 Å². The topological polar surface area (TPSA) is 202 Å². The molecule has 4 rings (SSSR count). The standard InChI is InChI=1S/C24H21ClN8O6S/c1-40(38,39)12-20(19-11-18(23(35)30-29-19)14-2-6-17(7-3-14)27-24(36)37)28-22(34)9-4-15-10-16(25)5-8-21(15)33-13-26-31-32-33/h2-11,13,20,27H,12H2,1H3,(H,28,34)(H,30,35)(H,36,37). The van der Waals surface area contributed by atoms with Gasteiger partial charge in [0.05, 0.1) is 28.7 Å². The molecule has 2 aromatic heterocycles. The predicted octanol–water partition coefficient (Wildman–Crippen LogP) is 2.07. The Bertz CT molecular complexity index is 1740. The van der Waals surface area contributed by atoms with E-state index in [1.165, 1.54) is 53.5 Å². The lowest BCUT2D eigenvalue weighted by Gasteiger charge is -2.17. The molecule has 1 unspecified atom stereocenters. The molecular weight excluding hydrogens is 564 g/mol. The largest absolute Gasteiger partial charge is 0.465 e. The van der Waals surface area contributed by atoms with Crippen LogP contribution in [-0.4, -0.2) is 67.9 Å². The van der Waals surface area contributed by atoms with Gasteiger partial charge in [-0.15, -0.1) is 5.10 Å². The highest BCUT2D eigenvalue weighted by molar-refractivity contribution is 7.90. The molecule has 1 atom stereocenters. The Morgan fingerprint density at radius 3 is 2.58 bits per heavy atom. The maximum atomic E-state index is 12.9. The number of tetrazole rings is 1. The summed E-state index contributed by atoms with van der Waals surface area (Å²) in [7, 11) is -3.61. The van der Waals surface area contributed by atoms with E-state index >= 15 is 0 Å². The third kappa shape index (κ3) is 7.36. The second-order valence-corrected chi connectivity index (χ2v) is 11.1. The molecule has 4 aromatic rings. The van der Waals surface area contributed by atoms with Gasteiger partial charge in [0.25, 0.3) is 5.56 Å². The molecule has 2 amide bonds. The van der Waals surface area contributed by atoms with Gasteiger partial charge in [-0.25, -0.2) is 18.3 Å². The molecule has 14 nitrogen and oxygen atoms in total. The van der Waals surface area contributed by atoms with Crippen LogP contribution in [0, 0.1) is 0 Å². The van der Waals surface area contributed by atoms with Crippen LogP contribution in [-0.2, 0) is 14.6 Å². The van der Waals surface area contributed by atoms with E-state index < -0.39 is 39.2 Å². The van der Waals surface area contributed by atoms with E-state index in [0.29, 0.717) is 27.5 Å². The molecule has 0 bridgehead atoms. The summed E-state index contributed by atoms with van der Waals surface area (Å²) in [5, 5.41) is 31.4. The first-order chi connectivity index (χ1) is 19.0. The van der Waals surface area contributed by atoms with Crippen molar-refractivity contribution >= 4 is 45.2 Å². The van der Waals surface area contributed by atoms with E-state index in [1.54, 1.807) is 18.2 Å². The van der Waals surface area contributed by atoms with Crippen LogP contribution in [0.4, 0.5) is 10.5 Å². The average Bonchev–Trinajstić information content (AvgIpc) is 3.42. The number of nitrogens with zero attached hydrogens (tertiary/aromatic N) is 5. The number of sulfone groups is 1. The number of carboxylic acid groups (broad SMARTS) is 1. The summed E-state index contributed by atoms with van der Waals surface area (Å²) in [6.45, 7) is 0. The third-order valence-electron chi connectivity index (χ3n) is 5.41. The lowest BCUT2D eigenvalue weighted by Crippen LogP contribution is -2.33. The minimum Gasteiger partial charge on any atom is -0.465 e. The number of benzene rings is 2. The number of anilines is 1. The van der Waals surface area contributed by atoms with Gasteiger partial charge in [0.1, 0.15) is 16.2 Å². The highest BCUT2D eigenvalue weighted by Crippen LogP contribution is 2.22. The third-order valence-corrected chi connectivity index (χ3v) is 6.59. The lowest BCUT2D eigenvalue weighted by atomic mass is 10.1. The van der Waals surface area contributed by atoms with Gasteiger partial charge in [-0.05, 0) is 58.5 Å². The molecule has 0 radical (unpaired) electrons. The number of carbonyl (C=O) groups is 2. The molecule has 2 heterocycles. The van der Waals surface area contributed by atoms with E-state index in [1.807, 2.05) is 0 Å². The number of nitrogens with one attached hydrogen (secondary N) is 3. The van der Waals surface area contributed by atoms with Gasteiger partial charge < -0.3 is 10.4 Å². The monoisotopic (exact) mass is 584 g/mol. The van der Waals surface area contributed by atoms with Crippen LogP contribution >= 0.6 is 11.6 Å². The van der Waals surface area contributed by atoms with E-state index in [9.17, 15) is 22.8 Å². The second kappa shape index (κ2) is 11.9. The number of halogens is 1. The minimum absolute atomic E-state index is 0.0895. The zero-order chi connectivity index (χ0) is 28.9. The molecule has 0 aliphatic heterocycles. The number of hydrogen-bond donors (Lipinski definition) is 4. The SMILES string of the molecule is CS(=O)(=O)CC(NC(=O)C=Cc1cc(Cl)ccc1-n1cnnn1)c1cc(-c2ccc(NC(=O)O)cc2)c(=O)[nH]n1. The number of rotatable bonds is 9. The molecule has 206 valence electrons. The number of hydrogen-bond acceptors (Lipinski definition) is 9. The van der Waals surface area contributed by atoms with Crippen molar-refractivity contribution < 1.29 is 23.1 Å². The zero-order valence-electron chi connectivity index (χ0n) is 20.6. The van der Waals surface area contributed by atoms with E-state index in [2.05, 4.69) is 36.4 Å². The van der Waals surface area contributed by atoms with E-state index in [4.69, 9.17) is 16.7 Å². The average molecular weight is 585 g/mol. The summed E-state index contributed by atoms with van der Waals surface area (Å²) in [6.07, 6.45) is 3.79. The van der Waals surface area contributed by atoms with E-state index in [0.717, 1.165) is 6.26 Å². The van der Waals surface area contributed by atoms with Gasteiger partial charge in [0.2, 0.25) is 5.91 Å². The molecule has 2 aromatic carbocycles. The van der Waals surface area contributed by atoms with Gasteiger partial charge >= 0.3 is 6.09 Å². The van der Waals surface area contributed by atoms with Gasteiger partial charge in [0, 0.05) is 28.6 Å². The number of aromatic nitrogens is 6. The molecule has 40 heavy (non-hydrogen) atoms. The van der Waals surface area contributed by atoms with Crippen LogP contribution < -0.4 is 16.2 Å². The predicted molar refractivity (Wildman–Crippen MR) is 146 cm³/mol. The molecule has 0 saturated heterocycles. The molecule has 0 spiro atoms. The fourth-order valence-electron chi connectivity index (χ4n) is 3.70. The van der Waals surface area contributed by atoms with Crippen molar-refractivity contribution in [3.05, 3.63) is 87.6 Å². The first-order valence-electron chi connectivity index (χ1n) is 11.4. The summed E-state index contributed by atoms with van der Waals surface area (Å²) < 4.78 is 25.7. The molecule has 4 N–H and O–H groups in total. The van der Waals surface area contributed by atoms with Crippen molar-refractivity contribution in [1.82, 2.24) is 35.7 Å². The Kier molecular flexibility index (Phi) is 8.35. The number of amides is 2. The van der Waals surface area contributed by atoms with Gasteiger partial charge in [-0.1, -0.05) is 23.7 Å². The summed E-state index contributed by atoms with van der Waals surface area (Å²) in [5.74, 6) is -1.14. The van der Waals surface area contributed by atoms with Crippen molar-refractivity contribution in [2.24, 2.45) is 0 Å². The van der Waals surface area contributed by atoms with Crippen molar-refractivity contribution in [3.8, 4) is 16.8 Å². The van der Waals surface area contributed by atoms with Gasteiger partial charge in [-0.3, -0.25) is 14.9 Å². The Hall–Kier alpha value is -4.89. The Morgan fingerprint density at radius 2 is 1.93 bits per heavy atom. The molecule has 0 saturated carbocycles. The first-order valence-corrected chi connectivity index (χ1v) is 13.8. The summed E-state index contributed by atoms with van der Waals surface area (Å²) in [5.41, 5.74) is 1.43. The minimum atomic E-state index is -3.61. The number of H-pyrrole nitrogens is 1. The molecule has 0 fully saturated rings. The Morgan fingerprint density at radius 1 is 1.18 bits per heavy atom. The number of carbonyl (C=O) groups excluding carboxylic acids is 1. The maximum Gasteiger partial charge on any atom is 0.409 e. The summed E-state index contributed by atoms with van der Waals surface area (Å²) >= 11 is 6.11. The Balaban J connectivity index is 1.61. The zero-order valence-corrected chi connectivity index (χ0v) is 22.2. The molecule has 0 aliphatic rings. The highest BCUT2D eigenvalue weighted by Gasteiger charge is 2.22. The first kappa shape index (κ1) is 28.1. The van der Waals surface area contributed by atoms with Crippen LogP contribution in [0.2, 0.25) is 5.02 Å². The van der Waals surface area contributed by atoms with Crippen molar-refractivity contribution in [2.45, 2.75) is 6.04 Å². The Labute approximate surface area is 231 Å². The highest BCUT2D eigenvalue weighted by atomic mass is 35.5. The normalized spacial score (nSPS) is 12.2. The van der Waals surface area contributed by atoms with Crippen LogP contribution in [0.1, 0.15) is 17.3 Å². The van der Waals surface area contributed by atoms with Crippen molar-refractivity contribution in [3.63, 3.8) is 0 Å². The van der Waals surface area contributed by atoms with Crippen molar-refractivity contribution in [1.29, 1.82) is 0 Å². The van der Waals surface area contributed by atoms with Gasteiger partial charge in [-0.2, -0.15) is 9.78 Å².